The van der Waals surface area contributed by atoms with Gasteiger partial charge in [-0.05, 0) is 19.9 Å². The summed E-state index contributed by atoms with van der Waals surface area (Å²) in [6.07, 6.45) is -1.52. The first-order chi connectivity index (χ1) is 9.86. The number of aromatic amines is 1. The summed E-state index contributed by atoms with van der Waals surface area (Å²) < 4.78 is 7.03. The van der Waals surface area contributed by atoms with Crippen LogP contribution in [0.2, 0.25) is 0 Å². The zero-order chi connectivity index (χ0) is 15.4. The summed E-state index contributed by atoms with van der Waals surface area (Å²) in [6, 6.07) is 1.57. The summed E-state index contributed by atoms with van der Waals surface area (Å²) in [7, 11) is 0. The highest BCUT2D eigenvalue weighted by atomic mass is 16.6. The number of hydrogen-bond donors (Lipinski definition) is 4. The molecule has 0 aliphatic carbocycles. The molecular weight excluding hydrogens is 278 g/mol. The average molecular weight is 295 g/mol. The van der Waals surface area contributed by atoms with Crippen molar-refractivity contribution in [3.8, 4) is 0 Å². The van der Waals surface area contributed by atoms with E-state index in [0.29, 0.717) is 16.9 Å². The number of nitrogens with one attached hydrogen (secondary N) is 1. The number of aliphatic hydroxyl groups is 3. The Balaban J connectivity index is 2.15. The third kappa shape index (κ3) is 1.99. The van der Waals surface area contributed by atoms with Gasteiger partial charge in [-0.25, -0.2) is 4.98 Å². The zero-order valence-electron chi connectivity index (χ0n) is 11.6. The molecule has 21 heavy (non-hydrogen) atoms. The minimum absolute atomic E-state index is 0.284. The van der Waals surface area contributed by atoms with E-state index in [1.165, 1.54) is 11.5 Å². The van der Waals surface area contributed by atoms with Gasteiger partial charge >= 0.3 is 0 Å². The molecule has 0 spiro atoms. The maximum absolute atomic E-state index is 11.9. The van der Waals surface area contributed by atoms with Crippen LogP contribution >= 0.6 is 0 Å². The minimum atomic E-state index is -1.61. The summed E-state index contributed by atoms with van der Waals surface area (Å²) in [5.41, 5.74) is -1.54. The third-order valence-electron chi connectivity index (χ3n) is 3.89. The molecule has 1 fully saturated rings. The summed E-state index contributed by atoms with van der Waals surface area (Å²) in [4.78, 5) is 18.7. The van der Waals surface area contributed by atoms with Gasteiger partial charge in [-0.15, -0.1) is 0 Å². The van der Waals surface area contributed by atoms with E-state index >= 15 is 0 Å². The van der Waals surface area contributed by atoms with Crippen molar-refractivity contribution < 1.29 is 20.1 Å². The second kappa shape index (κ2) is 4.63. The van der Waals surface area contributed by atoms with E-state index in [-0.39, 0.29) is 5.56 Å². The molecule has 8 nitrogen and oxygen atoms in total. The van der Waals surface area contributed by atoms with Gasteiger partial charge in [0.2, 0.25) is 0 Å². The van der Waals surface area contributed by atoms with Gasteiger partial charge in [0.05, 0.1) is 12.0 Å². The first kappa shape index (κ1) is 14.2. The van der Waals surface area contributed by atoms with Gasteiger partial charge in [0.1, 0.15) is 29.3 Å². The minimum Gasteiger partial charge on any atom is -0.394 e. The highest BCUT2D eigenvalue weighted by Crippen LogP contribution is 2.39. The summed E-state index contributed by atoms with van der Waals surface area (Å²) in [5.74, 6) is 0.435. The van der Waals surface area contributed by atoms with Crippen molar-refractivity contribution in [3.05, 3.63) is 28.4 Å². The molecule has 1 saturated heterocycles. The van der Waals surface area contributed by atoms with Gasteiger partial charge in [-0.3, -0.25) is 4.79 Å². The Hall–Kier alpha value is -1.74. The molecule has 0 amide bonds. The lowest BCUT2D eigenvalue weighted by Gasteiger charge is -2.27. The molecule has 2 aromatic heterocycles. The lowest BCUT2D eigenvalue weighted by atomic mass is 9.96. The summed E-state index contributed by atoms with van der Waals surface area (Å²) >= 11 is 0. The molecule has 3 rings (SSSR count). The Kier molecular flexibility index (Phi) is 3.14. The highest BCUT2D eigenvalue weighted by Gasteiger charge is 2.53. The summed E-state index contributed by atoms with van der Waals surface area (Å²) in [5, 5.41) is 30.1. The normalized spacial score (nSPS) is 32.9. The van der Waals surface area contributed by atoms with E-state index in [1.807, 2.05) is 0 Å². The van der Waals surface area contributed by atoms with Crippen molar-refractivity contribution in [1.29, 1.82) is 0 Å². The van der Waals surface area contributed by atoms with Crippen molar-refractivity contribution in [2.45, 2.75) is 37.9 Å². The first-order valence-corrected chi connectivity index (χ1v) is 6.60. The van der Waals surface area contributed by atoms with Crippen LogP contribution in [0, 0.1) is 6.92 Å². The van der Waals surface area contributed by atoms with Gasteiger partial charge in [0, 0.05) is 6.20 Å². The topological polar surface area (TPSA) is 121 Å². The second-order valence-corrected chi connectivity index (χ2v) is 5.49. The van der Waals surface area contributed by atoms with Crippen molar-refractivity contribution in [2.75, 3.05) is 6.61 Å². The molecule has 0 radical (unpaired) electrons. The van der Waals surface area contributed by atoms with Crippen molar-refractivity contribution in [2.24, 2.45) is 0 Å². The van der Waals surface area contributed by atoms with Gasteiger partial charge in [0.15, 0.2) is 6.23 Å². The number of nitrogens with zero attached hydrogens (tertiary/aromatic N) is 2. The second-order valence-electron chi connectivity index (χ2n) is 5.49. The van der Waals surface area contributed by atoms with Gasteiger partial charge < -0.3 is 29.6 Å². The molecule has 0 aromatic carbocycles. The quantitative estimate of drug-likeness (QED) is 0.566. The predicted molar refractivity (Wildman–Crippen MR) is 72.7 cm³/mol. The Morgan fingerprint density at radius 3 is 2.90 bits per heavy atom. The maximum atomic E-state index is 11.9. The lowest BCUT2D eigenvalue weighted by molar-refractivity contribution is -0.0948. The monoisotopic (exact) mass is 295 g/mol. The number of aliphatic hydroxyl groups excluding tert-OH is 2. The molecule has 3 heterocycles. The Labute approximate surface area is 119 Å². The highest BCUT2D eigenvalue weighted by molar-refractivity contribution is 5.75. The number of ether oxygens (including phenoxy) is 1. The van der Waals surface area contributed by atoms with E-state index in [9.17, 15) is 20.1 Å². The third-order valence-corrected chi connectivity index (χ3v) is 3.89. The largest absolute Gasteiger partial charge is 0.394 e. The van der Waals surface area contributed by atoms with Gasteiger partial charge in [-0.1, -0.05) is 0 Å². The number of H-pyrrole nitrogens is 1. The molecule has 2 aromatic rings. The molecule has 4 N–H and O–H groups in total. The van der Waals surface area contributed by atoms with E-state index in [0.717, 1.165) is 0 Å². The van der Waals surface area contributed by atoms with Gasteiger partial charge in [-0.2, -0.15) is 0 Å². The summed E-state index contributed by atoms with van der Waals surface area (Å²) in [6.45, 7) is 2.65. The van der Waals surface area contributed by atoms with E-state index in [2.05, 4.69) is 9.97 Å². The smallest absolute Gasteiger partial charge is 0.260 e. The molecular formula is C13H17N3O5. The zero-order valence-corrected chi connectivity index (χ0v) is 11.6. The van der Waals surface area contributed by atoms with Crippen LogP contribution in [0.15, 0.2) is 17.1 Å². The van der Waals surface area contributed by atoms with Crippen LogP contribution in [0.25, 0.3) is 11.0 Å². The van der Waals surface area contributed by atoms with Crippen LogP contribution in [-0.4, -0.2) is 54.3 Å². The molecule has 114 valence electrons. The average Bonchev–Trinajstić information content (AvgIpc) is 2.91. The predicted octanol–water partition coefficient (Wildman–Crippen LogP) is -0.965. The number of aromatic nitrogens is 3. The number of fused-ring (bicyclic) bond motifs is 1. The fourth-order valence-corrected chi connectivity index (χ4v) is 2.73. The van der Waals surface area contributed by atoms with Crippen LogP contribution < -0.4 is 5.56 Å². The van der Waals surface area contributed by atoms with Crippen LogP contribution in [0.5, 0.6) is 0 Å². The fraction of sp³-hybridized carbons (Fsp3) is 0.538. The standard InChI is InChI=1S/C13H17N3O5/c1-6-14-10-7(11(19)15-6)3-4-16(10)12-13(2,20)9(18)8(5-17)21-12/h3-4,8-9,12,17-18,20H,5H2,1-2H3,(H,14,15,19)/t8-,9+,12-,13?/m1/s1. The Morgan fingerprint density at radius 2 is 2.29 bits per heavy atom. The number of aryl methyl sites for hydroxylation is 1. The van der Waals surface area contributed by atoms with Crippen LogP contribution in [0.4, 0.5) is 0 Å². The van der Waals surface area contributed by atoms with E-state index < -0.39 is 30.6 Å². The molecule has 8 heteroatoms. The van der Waals surface area contributed by atoms with Crippen molar-refractivity contribution in [3.63, 3.8) is 0 Å². The molecule has 4 atom stereocenters. The van der Waals surface area contributed by atoms with Crippen molar-refractivity contribution >= 4 is 11.0 Å². The van der Waals surface area contributed by atoms with Gasteiger partial charge in [0.25, 0.3) is 5.56 Å². The number of hydrogen-bond acceptors (Lipinski definition) is 6. The molecule has 1 aliphatic rings. The molecule has 1 unspecified atom stereocenters. The molecule has 1 aliphatic heterocycles. The molecule has 0 saturated carbocycles. The van der Waals surface area contributed by atoms with Crippen molar-refractivity contribution in [1.82, 2.24) is 14.5 Å². The van der Waals surface area contributed by atoms with Crippen LogP contribution in [0.1, 0.15) is 19.0 Å². The van der Waals surface area contributed by atoms with Crippen LogP contribution in [-0.2, 0) is 4.74 Å². The number of rotatable bonds is 2. The fourth-order valence-electron chi connectivity index (χ4n) is 2.73. The van der Waals surface area contributed by atoms with E-state index in [4.69, 9.17) is 4.74 Å². The first-order valence-electron chi connectivity index (χ1n) is 6.60. The lowest BCUT2D eigenvalue weighted by Crippen LogP contribution is -2.44. The molecule has 0 bridgehead atoms. The Morgan fingerprint density at radius 1 is 1.57 bits per heavy atom. The van der Waals surface area contributed by atoms with E-state index in [1.54, 1.807) is 19.2 Å². The SMILES string of the molecule is Cc1nc2c(ccn2[C@@H]2O[C@H](CO)[C@H](O)C2(C)O)c(=O)[nH]1. The Bertz CT molecular complexity index is 735. The maximum Gasteiger partial charge on any atom is 0.260 e. The van der Waals surface area contributed by atoms with Crippen LogP contribution in [0.3, 0.4) is 0 Å².